The van der Waals surface area contributed by atoms with Crippen molar-refractivity contribution in [3.63, 3.8) is 0 Å². The maximum Gasteiger partial charge on any atom is 0.252 e. The van der Waals surface area contributed by atoms with Crippen LogP contribution in [0.3, 0.4) is 0 Å². The highest BCUT2D eigenvalue weighted by Crippen LogP contribution is 2.31. The number of ether oxygens (including phenoxy) is 1. The smallest absolute Gasteiger partial charge is 0.252 e. The second-order valence-electron chi connectivity index (χ2n) is 7.15. The van der Waals surface area contributed by atoms with E-state index in [2.05, 4.69) is 10.2 Å². The summed E-state index contributed by atoms with van der Waals surface area (Å²) in [6.45, 7) is 2.26. The summed E-state index contributed by atoms with van der Waals surface area (Å²) in [6, 6.07) is 12.5. The van der Waals surface area contributed by atoms with Gasteiger partial charge in [0.25, 0.3) is 5.91 Å². The summed E-state index contributed by atoms with van der Waals surface area (Å²) in [5.41, 5.74) is 1.17. The summed E-state index contributed by atoms with van der Waals surface area (Å²) in [6.07, 6.45) is 0.710. The van der Waals surface area contributed by atoms with E-state index in [0.29, 0.717) is 26.2 Å². The van der Waals surface area contributed by atoms with Crippen molar-refractivity contribution in [3.05, 3.63) is 58.1 Å². The van der Waals surface area contributed by atoms with Gasteiger partial charge in [-0.3, -0.25) is 4.79 Å². The molecule has 31 heavy (non-hydrogen) atoms. The average molecular weight is 486 g/mol. The Balaban J connectivity index is 1.65. The molecule has 0 bridgehead atoms. The number of carbonyl (C=O) groups excluding carboxylic acids is 1. The van der Waals surface area contributed by atoms with Crippen molar-refractivity contribution >= 4 is 44.8 Å². The molecule has 0 saturated carbocycles. The lowest BCUT2D eigenvalue weighted by molar-refractivity contribution is 0.0730. The third-order valence-corrected chi connectivity index (χ3v) is 7.68. The van der Waals surface area contributed by atoms with Crippen LogP contribution < -0.4 is 10.2 Å². The van der Waals surface area contributed by atoms with Crippen molar-refractivity contribution in [1.82, 2.24) is 9.62 Å². The molecule has 0 unspecified atom stereocenters. The molecule has 0 aromatic heterocycles. The van der Waals surface area contributed by atoms with Gasteiger partial charge in [-0.1, -0.05) is 41.4 Å². The summed E-state index contributed by atoms with van der Waals surface area (Å²) in [5.74, 6) is -0.442. The van der Waals surface area contributed by atoms with Crippen LogP contribution in [0.4, 0.5) is 5.69 Å². The van der Waals surface area contributed by atoms with E-state index in [1.54, 1.807) is 0 Å². The van der Waals surface area contributed by atoms with E-state index >= 15 is 0 Å². The maximum atomic E-state index is 13.0. The molecular formula is C21H25Cl2N3O4S. The summed E-state index contributed by atoms with van der Waals surface area (Å²) in [5, 5.41) is 2.89. The van der Waals surface area contributed by atoms with Gasteiger partial charge in [-0.2, -0.15) is 4.31 Å². The van der Waals surface area contributed by atoms with E-state index in [1.165, 1.54) is 16.4 Å². The van der Waals surface area contributed by atoms with Crippen molar-refractivity contribution in [3.8, 4) is 0 Å². The van der Waals surface area contributed by atoms with Crippen molar-refractivity contribution in [1.29, 1.82) is 0 Å². The zero-order valence-electron chi connectivity index (χ0n) is 17.2. The van der Waals surface area contributed by atoms with Crippen molar-refractivity contribution in [2.45, 2.75) is 11.3 Å². The zero-order valence-corrected chi connectivity index (χ0v) is 19.5. The van der Waals surface area contributed by atoms with Gasteiger partial charge in [-0.05, 0) is 30.7 Å². The first-order valence-corrected chi connectivity index (χ1v) is 12.1. The Morgan fingerprint density at radius 3 is 2.48 bits per heavy atom. The topological polar surface area (TPSA) is 79.0 Å². The third-order valence-electron chi connectivity index (χ3n) is 5.01. The van der Waals surface area contributed by atoms with Gasteiger partial charge in [0.2, 0.25) is 10.0 Å². The van der Waals surface area contributed by atoms with Crippen LogP contribution in [0.1, 0.15) is 16.8 Å². The summed E-state index contributed by atoms with van der Waals surface area (Å²) in [4.78, 5) is 14.6. The van der Waals surface area contributed by atoms with Crippen molar-refractivity contribution in [2.75, 3.05) is 51.3 Å². The van der Waals surface area contributed by atoms with Gasteiger partial charge >= 0.3 is 0 Å². The fraction of sp³-hybridized carbons (Fsp3) is 0.381. The van der Waals surface area contributed by atoms with Crippen LogP contribution in [-0.2, 0) is 14.8 Å². The lowest BCUT2D eigenvalue weighted by atomic mass is 10.2. The van der Waals surface area contributed by atoms with Gasteiger partial charge < -0.3 is 15.0 Å². The summed E-state index contributed by atoms with van der Waals surface area (Å²) in [7, 11) is -1.87. The molecule has 0 atom stereocenters. The van der Waals surface area contributed by atoms with Gasteiger partial charge in [-0.15, -0.1) is 0 Å². The number of anilines is 1. The molecule has 168 valence electrons. The predicted molar refractivity (Wildman–Crippen MR) is 123 cm³/mol. The van der Waals surface area contributed by atoms with E-state index in [1.807, 2.05) is 37.4 Å². The Hall–Kier alpha value is -1.84. The molecule has 1 heterocycles. The van der Waals surface area contributed by atoms with Gasteiger partial charge in [-0.25, -0.2) is 8.42 Å². The van der Waals surface area contributed by atoms with Crippen LogP contribution in [-0.4, -0.2) is 65.1 Å². The number of halogens is 2. The van der Waals surface area contributed by atoms with Crippen LogP contribution in [0, 0.1) is 0 Å². The molecule has 1 N–H and O–H groups in total. The first kappa shape index (κ1) is 23.8. The van der Waals surface area contributed by atoms with Crippen LogP contribution in [0.25, 0.3) is 0 Å². The number of nitrogens with zero attached hydrogens (tertiary/aromatic N) is 2. The molecule has 0 radical (unpaired) electrons. The normalized spacial score (nSPS) is 14.9. The molecule has 3 rings (SSSR count). The number of carbonyl (C=O) groups is 1. The fourth-order valence-electron chi connectivity index (χ4n) is 3.25. The van der Waals surface area contributed by atoms with Gasteiger partial charge in [0.15, 0.2) is 0 Å². The standard InChI is InChI=1S/C21H25Cl2N3O4S/c1-25(16-6-3-2-4-7-16)9-5-8-24-21(27)17-14-20(19(23)15-18(17)22)31(28,29)26-10-12-30-13-11-26/h2-4,6-7,14-15H,5,8-13H2,1H3,(H,24,27). The van der Waals surface area contributed by atoms with Gasteiger partial charge in [0.1, 0.15) is 4.90 Å². The maximum absolute atomic E-state index is 13.0. The number of rotatable bonds is 8. The average Bonchev–Trinajstić information content (AvgIpc) is 2.77. The minimum absolute atomic E-state index is 0.0162. The third kappa shape index (κ3) is 5.90. The van der Waals surface area contributed by atoms with Crippen LogP contribution >= 0.6 is 23.2 Å². The van der Waals surface area contributed by atoms with E-state index in [4.69, 9.17) is 27.9 Å². The fourth-order valence-corrected chi connectivity index (χ4v) is 5.49. The van der Waals surface area contributed by atoms with E-state index in [-0.39, 0.29) is 33.6 Å². The van der Waals surface area contributed by atoms with Crippen molar-refractivity contribution < 1.29 is 17.9 Å². The lowest BCUT2D eigenvalue weighted by Gasteiger charge is -2.26. The quantitative estimate of drug-likeness (QED) is 0.580. The number of benzene rings is 2. The molecule has 1 amide bonds. The highest BCUT2D eigenvalue weighted by molar-refractivity contribution is 7.89. The summed E-state index contributed by atoms with van der Waals surface area (Å²) >= 11 is 12.4. The summed E-state index contributed by atoms with van der Waals surface area (Å²) < 4.78 is 32.5. The van der Waals surface area contributed by atoms with Gasteiger partial charge in [0, 0.05) is 38.9 Å². The molecule has 7 nitrogen and oxygen atoms in total. The Morgan fingerprint density at radius 2 is 1.81 bits per heavy atom. The Bertz CT molecular complexity index is 1010. The monoisotopic (exact) mass is 485 g/mol. The second-order valence-corrected chi connectivity index (χ2v) is 9.87. The first-order chi connectivity index (χ1) is 14.8. The Labute approximate surface area is 192 Å². The molecule has 10 heteroatoms. The number of nitrogens with one attached hydrogen (secondary N) is 1. The van der Waals surface area contributed by atoms with Gasteiger partial charge in [0.05, 0.1) is 28.8 Å². The molecule has 2 aromatic rings. The molecule has 1 saturated heterocycles. The van der Waals surface area contributed by atoms with Crippen LogP contribution in [0.5, 0.6) is 0 Å². The van der Waals surface area contributed by atoms with E-state index in [0.717, 1.165) is 12.2 Å². The number of hydrogen-bond acceptors (Lipinski definition) is 5. The molecule has 1 aliphatic heterocycles. The lowest BCUT2D eigenvalue weighted by Crippen LogP contribution is -2.40. The first-order valence-electron chi connectivity index (χ1n) is 9.92. The second kappa shape index (κ2) is 10.7. The molecule has 0 spiro atoms. The predicted octanol–water partition coefficient (Wildman–Crippen LogP) is 3.27. The molecule has 2 aromatic carbocycles. The number of hydrogen-bond donors (Lipinski definition) is 1. The number of para-hydroxylation sites is 1. The number of morpholine rings is 1. The number of sulfonamides is 1. The minimum Gasteiger partial charge on any atom is -0.379 e. The molecule has 1 fully saturated rings. The van der Waals surface area contributed by atoms with Crippen LogP contribution in [0.15, 0.2) is 47.4 Å². The SMILES string of the molecule is CN(CCCNC(=O)c1cc(S(=O)(=O)N2CCOCC2)c(Cl)cc1Cl)c1ccccc1. The Morgan fingerprint density at radius 1 is 1.13 bits per heavy atom. The Kier molecular flexibility index (Phi) is 8.18. The highest BCUT2D eigenvalue weighted by atomic mass is 35.5. The van der Waals surface area contributed by atoms with Crippen LogP contribution in [0.2, 0.25) is 10.0 Å². The zero-order chi connectivity index (χ0) is 22.4. The largest absolute Gasteiger partial charge is 0.379 e. The highest BCUT2D eigenvalue weighted by Gasteiger charge is 2.30. The number of amides is 1. The van der Waals surface area contributed by atoms with E-state index in [9.17, 15) is 13.2 Å². The molecule has 0 aliphatic carbocycles. The minimum atomic E-state index is -3.86. The van der Waals surface area contributed by atoms with E-state index < -0.39 is 15.9 Å². The molecular weight excluding hydrogens is 461 g/mol. The molecule has 1 aliphatic rings. The van der Waals surface area contributed by atoms with Crippen molar-refractivity contribution in [2.24, 2.45) is 0 Å².